The third-order valence-corrected chi connectivity index (χ3v) is 2.39. The van der Waals surface area contributed by atoms with Crippen molar-refractivity contribution in [3.05, 3.63) is 0 Å². The molecule has 0 aromatic heterocycles. The Hall–Kier alpha value is 0.170. The van der Waals surface area contributed by atoms with Gasteiger partial charge in [0.25, 0.3) is 0 Å². The average molecular weight is 207 g/mol. The fourth-order valence-electron chi connectivity index (χ4n) is 1.44. The minimum absolute atomic E-state index is 0.706. The maximum atomic E-state index is 5.54. The summed E-state index contributed by atoms with van der Waals surface area (Å²) in [6.45, 7) is 7.16. The van der Waals surface area contributed by atoms with Crippen LogP contribution in [0.2, 0.25) is 0 Å². The third-order valence-electron chi connectivity index (χ3n) is 2.20. The van der Waals surface area contributed by atoms with Crippen LogP contribution in [0.3, 0.4) is 0 Å². The van der Waals surface area contributed by atoms with Crippen molar-refractivity contribution in [3.63, 3.8) is 0 Å². The Morgan fingerprint density at radius 2 is 2.00 bits per heavy atom. The van der Waals surface area contributed by atoms with Crippen LogP contribution in [0.25, 0.3) is 0 Å². The van der Waals surface area contributed by atoms with Gasteiger partial charge >= 0.3 is 0 Å². The monoisotopic (exact) mass is 206 g/mol. The van der Waals surface area contributed by atoms with Gasteiger partial charge in [-0.1, -0.05) is 0 Å². The van der Waals surface area contributed by atoms with Crippen molar-refractivity contribution in [2.45, 2.75) is 6.42 Å². The lowest BCUT2D eigenvalue weighted by molar-refractivity contribution is 0.0375. The first kappa shape index (κ1) is 11.2. The maximum absolute atomic E-state index is 5.54. The van der Waals surface area contributed by atoms with Crippen molar-refractivity contribution < 1.29 is 4.74 Å². The molecule has 0 atom stereocenters. The molecule has 1 aliphatic heterocycles. The standard InChI is InChI=1S/C9H19ClN2O/c10-2-4-11-3-1-5-12-6-8-13-9-7-12/h11H,1-9H2. The van der Waals surface area contributed by atoms with E-state index in [0.29, 0.717) is 5.88 Å². The van der Waals surface area contributed by atoms with Gasteiger partial charge in [-0.2, -0.15) is 0 Å². The van der Waals surface area contributed by atoms with Crippen molar-refractivity contribution in [1.29, 1.82) is 0 Å². The molecule has 0 amide bonds. The van der Waals surface area contributed by atoms with Crippen molar-refractivity contribution >= 4 is 11.6 Å². The van der Waals surface area contributed by atoms with E-state index in [1.165, 1.54) is 13.0 Å². The highest BCUT2D eigenvalue weighted by atomic mass is 35.5. The zero-order chi connectivity index (χ0) is 9.36. The molecule has 1 saturated heterocycles. The van der Waals surface area contributed by atoms with E-state index in [1.54, 1.807) is 0 Å². The van der Waals surface area contributed by atoms with Crippen molar-refractivity contribution in [1.82, 2.24) is 10.2 Å². The second kappa shape index (κ2) is 7.56. The summed E-state index contributed by atoms with van der Waals surface area (Å²) < 4.78 is 5.27. The van der Waals surface area contributed by atoms with Crippen LogP contribution in [0.1, 0.15) is 6.42 Å². The van der Waals surface area contributed by atoms with Gasteiger partial charge in [0, 0.05) is 25.5 Å². The maximum Gasteiger partial charge on any atom is 0.0594 e. The predicted octanol–water partition coefficient (Wildman–Crippen LogP) is 0.537. The van der Waals surface area contributed by atoms with E-state index in [2.05, 4.69) is 10.2 Å². The molecule has 0 bridgehead atoms. The lowest BCUT2D eigenvalue weighted by atomic mass is 10.3. The fourth-order valence-corrected chi connectivity index (χ4v) is 1.58. The number of hydrogen-bond acceptors (Lipinski definition) is 3. The van der Waals surface area contributed by atoms with Gasteiger partial charge in [-0.25, -0.2) is 0 Å². The minimum Gasteiger partial charge on any atom is -0.379 e. The highest BCUT2D eigenvalue weighted by molar-refractivity contribution is 6.18. The molecule has 1 rings (SSSR count). The second-order valence-corrected chi connectivity index (χ2v) is 3.62. The second-order valence-electron chi connectivity index (χ2n) is 3.25. The Morgan fingerprint density at radius 1 is 1.23 bits per heavy atom. The first-order chi connectivity index (χ1) is 6.43. The van der Waals surface area contributed by atoms with Gasteiger partial charge < -0.3 is 10.1 Å². The molecule has 0 aromatic carbocycles. The molecule has 0 radical (unpaired) electrons. The lowest BCUT2D eigenvalue weighted by Gasteiger charge is -2.26. The third kappa shape index (κ3) is 5.47. The number of alkyl halides is 1. The van der Waals surface area contributed by atoms with Crippen LogP contribution in [-0.2, 0) is 4.74 Å². The number of hydrogen-bond donors (Lipinski definition) is 1. The van der Waals surface area contributed by atoms with E-state index in [0.717, 1.165) is 39.4 Å². The van der Waals surface area contributed by atoms with Crippen molar-refractivity contribution in [2.24, 2.45) is 0 Å². The largest absolute Gasteiger partial charge is 0.379 e. The number of halogens is 1. The van der Waals surface area contributed by atoms with E-state index in [-0.39, 0.29) is 0 Å². The SMILES string of the molecule is ClCCNCCCN1CCOCC1. The summed E-state index contributed by atoms with van der Waals surface area (Å²) >= 11 is 5.54. The van der Waals surface area contributed by atoms with Crippen LogP contribution < -0.4 is 5.32 Å². The molecule has 1 heterocycles. The average Bonchev–Trinajstić information content (AvgIpc) is 2.19. The molecule has 13 heavy (non-hydrogen) atoms. The quantitative estimate of drug-likeness (QED) is 0.507. The molecule has 0 saturated carbocycles. The summed E-state index contributed by atoms with van der Waals surface area (Å²) in [6.07, 6.45) is 1.21. The molecule has 0 unspecified atom stereocenters. The summed E-state index contributed by atoms with van der Waals surface area (Å²) in [5, 5.41) is 3.28. The molecule has 1 fully saturated rings. The number of ether oxygens (including phenoxy) is 1. The van der Waals surface area contributed by atoms with E-state index in [1.807, 2.05) is 0 Å². The smallest absolute Gasteiger partial charge is 0.0594 e. The van der Waals surface area contributed by atoms with Gasteiger partial charge in [0.05, 0.1) is 13.2 Å². The fraction of sp³-hybridized carbons (Fsp3) is 1.00. The van der Waals surface area contributed by atoms with Crippen molar-refractivity contribution in [2.75, 3.05) is 51.8 Å². The van der Waals surface area contributed by atoms with E-state index in [9.17, 15) is 0 Å². The summed E-state index contributed by atoms with van der Waals surface area (Å²) in [5.74, 6) is 0.706. The van der Waals surface area contributed by atoms with Gasteiger partial charge in [-0.15, -0.1) is 11.6 Å². The Morgan fingerprint density at radius 3 is 2.69 bits per heavy atom. The Kier molecular flexibility index (Phi) is 6.54. The van der Waals surface area contributed by atoms with Gasteiger partial charge in [0.1, 0.15) is 0 Å². The summed E-state index contributed by atoms with van der Waals surface area (Å²) in [4.78, 5) is 2.45. The van der Waals surface area contributed by atoms with E-state index < -0.39 is 0 Å². The highest BCUT2D eigenvalue weighted by Gasteiger charge is 2.08. The number of morpholine rings is 1. The molecule has 1 N–H and O–H groups in total. The van der Waals surface area contributed by atoms with Gasteiger partial charge in [-0.05, 0) is 19.5 Å². The molecule has 4 heteroatoms. The highest BCUT2D eigenvalue weighted by Crippen LogP contribution is 1.96. The van der Waals surface area contributed by atoms with E-state index >= 15 is 0 Å². The molecule has 1 aliphatic rings. The first-order valence-corrected chi connectivity index (χ1v) is 5.53. The number of nitrogens with zero attached hydrogens (tertiary/aromatic N) is 1. The van der Waals surface area contributed by atoms with Gasteiger partial charge in [0.15, 0.2) is 0 Å². The Labute approximate surface area is 85.4 Å². The molecule has 3 nitrogen and oxygen atoms in total. The predicted molar refractivity (Wildman–Crippen MR) is 55.5 cm³/mol. The van der Waals surface area contributed by atoms with E-state index in [4.69, 9.17) is 16.3 Å². The zero-order valence-corrected chi connectivity index (χ0v) is 8.85. The number of nitrogens with one attached hydrogen (secondary N) is 1. The summed E-state index contributed by atoms with van der Waals surface area (Å²) in [7, 11) is 0. The molecule has 78 valence electrons. The number of rotatable bonds is 6. The van der Waals surface area contributed by atoms with Crippen LogP contribution >= 0.6 is 11.6 Å². The van der Waals surface area contributed by atoms with Crippen LogP contribution in [0, 0.1) is 0 Å². The van der Waals surface area contributed by atoms with Gasteiger partial charge in [0.2, 0.25) is 0 Å². The van der Waals surface area contributed by atoms with Gasteiger partial charge in [-0.3, -0.25) is 4.90 Å². The first-order valence-electron chi connectivity index (χ1n) is 5.00. The van der Waals surface area contributed by atoms with Crippen LogP contribution in [-0.4, -0.2) is 56.7 Å². The summed E-state index contributed by atoms with van der Waals surface area (Å²) in [5.41, 5.74) is 0. The van der Waals surface area contributed by atoms with Crippen LogP contribution in [0.5, 0.6) is 0 Å². The molecule has 0 spiro atoms. The molecule has 0 aliphatic carbocycles. The minimum atomic E-state index is 0.706. The summed E-state index contributed by atoms with van der Waals surface area (Å²) in [6, 6.07) is 0. The molecular weight excluding hydrogens is 188 g/mol. The van der Waals surface area contributed by atoms with Crippen LogP contribution in [0.15, 0.2) is 0 Å². The van der Waals surface area contributed by atoms with Crippen LogP contribution in [0.4, 0.5) is 0 Å². The normalized spacial score (nSPS) is 19.2. The lowest BCUT2D eigenvalue weighted by Crippen LogP contribution is -2.37. The molecule has 0 aromatic rings. The van der Waals surface area contributed by atoms with Crippen molar-refractivity contribution in [3.8, 4) is 0 Å². The topological polar surface area (TPSA) is 24.5 Å². The Balaban J connectivity index is 1.86. The zero-order valence-electron chi connectivity index (χ0n) is 8.10. The Bertz CT molecular complexity index is 118. The molecular formula is C9H19ClN2O.